The number of aryl methyl sites for hydroxylation is 1. The summed E-state index contributed by atoms with van der Waals surface area (Å²) in [6.45, 7) is 9.78. The zero-order valence-electron chi connectivity index (χ0n) is 19.4. The fraction of sp³-hybridized carbons (Fsp3) is 0.520. The summed E-state index contributed by atoms with van der Waals surface area (Å²) >= 11 is 0. The molecule has 0 spiro atoms. The first-order valence-corrected chi connectivity index (χ1v) is 11.9. The minimum atomic E-state index is -0.197. The fourth-order valence-electron chi connectivity index (χ4n) is 5.04. The van der Waals surface area contributed by atoms with Crippen LogP contribution in [0, 0.1) is 6.92 Å². The molecule has 0 bridgehead atoms. The lowest BCUT2D eigenvalue weighted by Crippen LogP contribution is -2.25. The largest absolute Gasteiger partial charge is 0.359 e. The summed E-state index contributed by atoms with van der Waals surface area (Å²) in [6, 6.07) is 0. The number of aromatic nitrogens is 3. The van der Waals surface area contributed by atoms with Crippen molar-refractivity contribution < 1.29 is 4.79 Å². The van der Waals surface area contributed by atoms with E-state index in [-0.39, 0.29) is 5.91 Å². The van der Waals surface area contributed by atoms with Crippen LogP contribution in [-0.2, 0) is 11.2 Å². The average molecular weight is 435 g/mol. The van der Waals surface area contributed by atoms with Crippen LogP contribution in [0.5, 0.6) is 0 Å². The molecule has 170 valence electrons. The van der Waals surface area contributed by atoms with Gasteiger partial charge in [-0.1, -0.05) is 33.1 Å². The van der Waals surface area contributed by atoms with Crippen molar-refractivity contribution in [1.29, 1.82) is 0 Å². The van der Waals surface area contributed by atoms with Gasteiger partial charge in [-0.2, -0.15) is 5.10 Å². The highest BCUT2D eigenvalue weighted by Gasteiger charge is 2.29. The van der Waals surface area contributed by atoms with Gasteiger partial charge in [-0.3, -0.25) is 14.8 Å². The Morgan fingerprint density at radius 2 is 1.94 bits per heavy atom. The van der Waals surface area contributed by atoms with Gasteiger partial charge < -0.3 is 9.88 Å². The van der Waals surface area contributed by atoms with Crippen LogP contribution < -0.4 is 5.43 Å². The first-order valence-electron chi connectivity index (χ1n) is 11.9. The maximum Gasteiger partial charge on any atom is 0.273 e. The van der Waals surface area contributed by atoms with Crippen molar-refractivity contribution in [3.63, 3.8) is 0 Å². The van der Waals surface area contributed by atoms with Gasteiger partial charge >= 0.3 is 0 Å². The van der Waals surface area contributed by atoms with Crippen LogP contribution in [0.15, 0.2) is 29.3 Å². The third-order valence-corrected chi connectivity index (χ3v) is 6.84. The van der Waals surface area contributed by atoms with Gasteiger partial charge in [0.05, 0.1) is 11.8 Å². The molecule has 4 rings (SSSR count). The van der Waals surface area contributed by atoms with Crippen molar-refractivity contribution in [3.05, 3.63) is 52.4 Å². The topological polar surface area (TPSA) is 86.3 Å². The van der Waals surface area contributed by atoms with Gasteiger partial charge in [0.25, 0.3) is 5.91 Å². The van der Waals surface area contributed by atoms with Crippen LogP contribution >= 0.6 is 0 Å². The lowest BCUT2D eigenvalue weighted by molar-refractivity contribution is -0.116. The van der Waals surface area contributed by atoms with Gasteiger partial charge in [0.2, 0.25) is 0 Å². The SMILES string of the molecule is CCN(CC)CCc1c(C)[nH]c(/C=C2/C(=O)NN=C2c2cnccn2)c1C1CCCCC1. The Bertz CT molecular complexity index is 997. The molecule has 1 aliphatic heterocycles. The summed E-state index contributed by atoms with van der Waals surface area (Å²) in [4.78, 5) is 27.3. The van der Waals surface area contributed by atoms with Crippen molar-refractivity contribution in [1.82, 2.24) is 25.3 Å². The van der Waals surface area contributed by atoms with E-state index in [0.717, 1.165) is 31.7 Å². The van der Waals surface area contributed by atoms with Crippen LogP contribution in [0.3, 0.4) is 0 Å². The molecule has 0 aromatic carbocycles. The Balaban J connectivity index is 1.73. The summed E-state index contributed by atoms with van der Waals surface area (Å²) in [5.74, 6) is 0.339. The maximum atomic E-state index is 12.7. The Kier molecular flexibility index (Phi) is 7.15. The lowest BCUT2D eigenvalue weighted by atomic mass is 9.81. The van der Waals surface area contributed by atoms with Gasteiger partial charge in [0, 0.05) is 30.3 Å². The Morgan fingerprint density at radius 3 is 2.62 bits per heavy atom. The molecule has 7 heteroatoms. The summed E-state index contributed by atoms with van der Waals surface area (Å²) in [7, 11) is 0. The van der Waals surface area contributed by atoms with E-state index in [2.05, 4.69) is 51.2 Å². The van der Waals surface area contributed by atoms with Gasteiger partial charge in [0.1, 0.15) is 11.4 Å². The molecule has 0 saturated heterocycles. The number of amides is 1. The molecule has 2 N–H and O–H groups in total. The Morgan fingerprint density at radius 1 is 1.16 bits per heavy atom. The molecule has 32 heavy (non-hydrogen) atoms. The first kappa shape index (κ1) is 22.4. The molecule has 1 amide bonds. The molecular formula is C25H34N6O. The number of nitrogens with zero attached hydrogens (tertiary/aromatic N) is 4. The highest BCUT2D eigenvalue weighted by atomic mass is 16.2. The summed E-state index contributed by atoms with van der Waals surface area (Å²) in [6.07, 6.45) is 14.2. The number of carbonyl (C=O) groups is 1. The number of carbonyl (C=O) groups excluding carboxylic acids is 1. The molecule has 7 nitrogen and oxygen atoms in total. The molecule has 3 heterocycles. The van der Waals surface area contributed by atoms with Gasteiger partial charge in [0.15, 0.2) is 0 Å². The maximum absolute atomic E-state index is 12.7. The average Bonchev–Trinajstić information content (AvgIpc) is 3.35. The molecule has 1 fully saturated rings. The highest BCUT2D eigenvalue weighted by molar-refractivity contribution is 6.32. The molecule has 1 saturated carbocycles. The minimum Gasteiger partial charge on any atom is -0.359 e. The molecule has 0 unspecified atom stereocenters. The summed E-state index contributed by atoms with van der Waals surface area (Å²) < 4.78 is 0. The molecule has 2 aliphatic rings. The van der Waals surface area contributed by atoms with E-state index >= 15 is 0 Å². The van der Waals surface area contributed by atoms with Crippen molar-refractivity contribution in [2.45, 2.75) is 65.2 Å². The van der Waals surface area contributed by atoms with Crippen LogP contribution in [0.4, 0.5) is 0 Å². The second-order valence-electron chi connectivity index (χ2n) is 8.72. The lowest BCUT2D eigenvalue weighted by Gasteiger charge is -2.25. The van der Waals surface area contributed by atoms with Crippen LogP contribution in [0.1, 0.15) is 80.1 Å². The second kappa shape index (κ2) is 10.2. The molecule has 0 radical (unpaired) electrons. The van der Waals surface area contributed by atoms with Crippen LogP contribution in [-0.4, -0.2) is 51.1 Å². The number of nitrogens with one attached hydrogen (secondary N) is 2. The molecule has 1 aliphatic carbocycles. The third-order valence-electron chi connectivity index (χ3n) is 6.84. The van der Waals surface area contributed by atoms with E-state index in [4.69, 9.17) is 0 Å². The van der Waals surface area contributed by atoms with Crippen molar-refractivity contribution in [2.75, 3.05) is 19.6 Å². The Labute approximate surface area is 190 Å². The van der Waals surface area contributed by atoms with E-state index in [1.165, 1.54) is 48.9 Å². The quantitative estimate of drug-likeness (QED) is 0.616. The van der Waals surface area contributed by atoms with Crippen molar-refractivity contribution in [2.24, 2.45) is 5.10 Å². The molecule has 2 aromatic rings. The summed E-state index contributed by atoms with van der Waals surface area (Å²) in [5.41, 5.74) is 9.38. The fourth-order valence-corrected chi connectivity index (χ4v) is 5.04. The highest BCUT2D eigenvalue weighted by Crippen LogP contribution is 2.39. The monoisotopic (exact) mass is 434 g/mol. The first-order chi connectivity index (χ1) is 15.6. The summed E-state index contributed by atoms with van der Waals surface area (Å²) in [5, 5.41) is 4.24. The smallest absolute Gasteiger partial charge is 0.273 e. The number of aromatic amines is 1. The Hall–Kier alpha value is -2.80. The number of hydrazone groups is 1. The van der Waals surface area contributed by atoms with E-state index in [9.17, 15) is 4.79 Å². The number of hydrogen-bond acceptors (Lipinski definition) is 5. The van der Waals surface area contributed by atoms with Crippen LogP contribution in [0.2, 0.25) is 0 Å². The van der Waals surface area contributed by atoms with Gasteiger partial charge in [-0.25, -0.2) is 5.43 Å². The van der Waals surface area contributed by atoms with Crippen molar-refractivity contribution >= 4 is 17.7 Å². The molecule has 2 aromatic heterocycles. The predicted octanol–water partition coefficient (Wildman–Crippen LogP) is 3.96. The number of H-pyrrole nitrogens is 1. The zero-order valence-corrected chi connectivity index (χ0v) is 19.4. The standard InChI is InChI=1S/C25H34N6O/c1-4-31(5-2)14-11-19-17(3)28-21(23(19)18-9-7-6-8-10-18)15-20-24(29-30-25(20)32)22-16-26-12-13-27-22/h12-13,15-16,18,28H,4-11,14H2,1-3H3,(H,30,32)/b20-15+. The number of rotatable bonds is 8. The van der Waals surface area contributed by atoms with Gasteiger partial charge in [-0.15, -0.1) is 0 Å². The van der Waals surface area contributed by atoms with E-state index in [1.807, 2.05) is 6.08 Å². The molecule has 0 atom stereocenters. The van der Waals surface area contributed by atoms with E-state index in [1.54, 1.807) is 18.6 Å². The number of likely N-dealkylation sites (N-methyl/N-ethyl adjacent to an activating group) is 1. The second-order valence-corrected chi connectivity index (χ2v) is 8.72. The van der Waals surface area contributed by atoms with Gasteiger partial charge in [-0.05, 0) is 62.4 Å². The third kappa shape index (κ3) is 4.67. The number of hydrogen-bond donors (Lipinski definition) is 2. The van der Waals surface area contributed by atoms with E-state index < -0.39 is 0 Å². The molecular weight excluding hydrogens is 400 g/mol. The normalized spacial score (nSPS) is 18.4. The van der Waals surface area contributed by atoms with Crippen molar-refractivity contribution in [3.8, 4) is 0 Å². The zero-order chi connectivity index (χ0) is 22.5. The van der Waals surface area contributed by atoms with E-state index in [0.29, 0.717) is 22.9 Å². The minimum absolute atomic E-state index is 0.197. The van der Waals surface area contributed by atoms with Crippen LogP contribution in [0.25, 0.3) is 6.08 Å². The predicted molar refractivity (Wildman–Crippen MR) is 128 cm³/mol.